The van der Waals surface area contributed by atoms with E-state index in [0.29, 0.717) is 11.8 Å². The van der Waals surface area contributed by atoms with Gasteiger partial charge in [-0.05, 0) is 25.2 Å². The Hall–Kier alpha value is -2.53. The van der Waals surface area contributed by atoms with Crippen LogP contribution in [0.25, 0.3) is 10.9 Å². The summed E-state index contributed by atoms with van der Waals surface area (Å²) in [6.45, 7) is 0.736. The number of hydrogen-bond donors (Lipinski definition) is 1. The fraction of sp³-hybridized carbons (Fsp3) is 0.133. The third-order valence-corrected chi connectivity index (χ3v) is 2.85. The lowest BCUT2D eigenvalue weighted by atomic mass is 10.2. The number of rotatable bonds is 4. The molecule has 0 aliphatic rings. The molecule has 5 nitrogen and oxygen atoms in total. The molecule has 1 N–H and O–H groups in total. The molecule has 2 heterocycles. The fourth-order valence-electron chi connectivity index (χ4n) is 1.91. The Kier molecular flexibility index (Phi) is 3.52. The van der Waals surface area contributed by atoms with Gasteiger partial charge in [0.25, 0.3) is 0 Å². The molecule has 0 amide bonds. The average molecular weight is 266 g/mol. The summed E-state index contributed by atoms with van der Waals surface area (Å²) in [6.07, 6.45) is 5.26. The molecule has 0 bridgehead atoms. The molecule has 3 aromatic rings. The van der Waals surface area contributed by atoms with Crippen LogP contribution in [0.5, 0.6) is 11.8 Å². The Morgan fingerprint density at radius 3 is 2.75 bits per heavy atom. The Labute approximate surface area is 116 Å². The minimum Gasteiger partial charge on any atom is -0.424 e. The molecule has 0 saturated carbocycles. The normalized spacial score (nSPS) is 10.7. The van der Waals surface area contributed by atoms with Crippen LogP contribution in [0.1, 0.15) is 5.56 Å². The molecule has 0 saturated heterocycles. The third-order valence-electron chi connectivity index (χ3n) is 2.85. The number of fused-ring (bicyclic) bond motifs is 1. The molecule has 20 heavy (non-hydrogen) atoms. The number of nitrogens with zero attached hydrogens (tertiary/aromatic N) is 3. The summed E-state index contributed by atoms with van der Waals surface area (Å²) >= 11 is 0. The van der Waals surface area contributed by atoms with E-state index in [-0.39, 0.29) is 0 Å². The van der Waals surface area contributed by atoms with Crippen molar-refractivity contribution in [1.29, 1.82) is 0 Å². The highest BCUT2D eigenvalue weighted by Gasteiger charge is 2.02. The molecule has 3 rings (SSSR count). The van der Waals surface area contributed by atoms with Crippen molar-refractivity contribution in [3.05, 3.63) is 54.5 Å². The lowest BCUT2D eigenvalue weighted by Crippen LogP contribution is -2.06. The molecule has 2 aromatic heterocycles. The lowest BCUT2D eigenvalue weighted by molar-refractivity contribution is 0.441. The van der Waals surface area contributed by atoms with Crippen LogP contribution < -0.4 is 10.1 Å². The van der Waals surface area contributed by atoms with Gasteiger partial charge in [-0.25, -0.2) is 9.97 Å². The van der Waals surface area contributed by atoms with Crippen molar-refractivity contribution in [2.75, 3.05) is 7.05 Å². The zero-order valence-electron chi connectivity index (χ0n) is 11.1. The summed E-state index contributed by atoms with van der Waals surface area (Å²) in [5, 5.41) is 4.12. The Bertz CT molecular complexity index is 712. The molecule has 0 unspecified atom stereocenters. The summed E-state index contributed by atoms with van der Waals surface area (Å²) in [5.74, 6) is 0.678. The molecule has 5 heteroatoms. The first-order valence-electron chi connectivity index (χ1n) is 6.33. The van der Waals surface area contributed by atoms with Gasteiger partial charge in [-0.3, -0.25) is 4.98 Å². The van der Waals surface area contributed by atoms with Crippen LogP contribution in [0.3, 0.4) is 0 Å². The second kappa shape index (κ2) is 5.63. The third kappa shape index (κ3) is 2.73. The summed E-state index contributed by atoms with van der Waals surface area (Å²) in [6, 6.07) is 9.98. The van der Waals surface area contributed by atoms with E-state index in [0.717, 1.165) is 23.0 Å². The quantitative estimate of drug-likeness (QED) is 0.786. The van der Waals surface area contributed by atoms with Gasteiger partial charge in [0.1, 0.15) is 5.75 Å². The lowest BCUT2D eigenvalue weighted by Gasteiger charge is -2.05. The Morgan fingerprint density at radius 1 is 1.10 bits per heavy atom. The maximum Gasteiger partial charge on any atom is 0.321 e. The van der Waals surface area contributed by atoms with Crippen LogP contribution in [0.15, 0.2) is 48.9 Å². The maximum atomic E-state index is 5.64. The zero-order chi connectivity index (χ0) is 13.8. The van der Waals surface area contributed by atoms with Gasteiger partial charge >= 0.3 is 6.01 Å². The first-order valence-corrected chi connectivity index (χ1v) is 6.33. The number of aromatic nitrogens is 3. The number of ether oxygens (including phenoxy) is 1. The summed E-state index contributed by atoms with van der Waals surface area (Å²) in [7, 11) is 1.88. The van der Waals surface area contributed by atoms with Gasteiger partial charge in [-0.2, -0.15) is 0 Å². The van der Waals surface area contributed by atoms with Crippen molar-refractivity contribution in [3.63, 3.8) is 0 Å². The molecule has 0 atom stereocenters. The minimum atomic E-state index is 0.333. The number of pyridine rings is 1. The van der Waals surface area contributed by atoms with Gasteiger partial charge in [0, 0.05) is 42.2 Å². The van der Waals surface area contributed by atoms with Crippen LogP contribution in [0.4, 0.5) is 0 Å². The molecule has 0 aliphatic heterocycles. The molecular formula is C15H14N4O. The number of hydrogen-bond acceptors (Lipinski definition) is 5. The van der Waals surface area contributed by atoms with Crippen molar-refractivity contribution >= 4 is 10.9 Å². The van der Waals surface area contributed by atoms with E-state index in [1.165, 1.54) is 0 Å². The second-order valence-electron chi connectivity index (χ2n) is 4.36. The van der Waals surface area contributed by atoms with E-state index in [1.54, 1.807) is 18.6 Å². The van der Waals surface area contributed by atoms with Crippen molar-refractivity contribution in [2.24, 2.45) is 0 Å². The fourth-order valence-corrected chi connectivity index (χ4v) is 1.91. The van der Waals surface area contributed by atoms with Crippen molar-refractivity contribution in [2.45, 2.75) is 6.54 Å². The van der Waals surface area contributed by atoms with Crippen LogP contribution in [0, 0.1) is 0 Å². The highest BCUT2D eigenvalue weighted by Crippen LogP contribution is 2.22. The largest absolute Gasteiger partial charge is 0.424 e. The summed E-state index contributed by atoms with van der Waals surface area (Å²) in [4.78, 5) is 12.7. The van der Waals surface area contributed by atoms with Crippen LogP contribution in [-0.2, 0) is 6.54 Å². The van der Waals surface area contributed by atoms with Crippen molar-refractivity contribution in [1.82, 2.24) is 20.3 Å². The Morgan fingerprint density at radius 2 is 1.95 bits per heavy atom. The van der Waals surface area contributed by atoms with Crippen LogP contribution in [0.2, 0.25) is 0 Å². The average Bonchev–Trinajstić information content (AvgIpc) is 2.49. The minimum absolute atomic E-state index is 0.333. The molecule has 0 radical (unpaired) electrons. The molecular weight excluding hydrogens is 252 g/mol. The van der Waals surface area contributed by atoms with Gasteiger partial charge in [-0.1, -0.05) is 6.07 Å². The van der Waals surface area contributed by atoms with E-state index in [4.69, 9.17) is 4.74 Å². The highest BCUT2D eigenvalue weighted by molar-refractivity contribution is 5.79. The molecule has 1 aromatic carbocycles. The van der Waals surface area contributed by atoms with E-state index < -0.39 is 0 Å². The molecule has 0 aliphatic carbocycles. The molecule has 0 fully saturated rings. The standard InChI is InChI=1S/C15H14N4O/c1-16-8-11-9-18-15(19-10-11)20-13-5-4-12-3-2-6-17-14(12)7-13/h2-7,9-10,16H,8H2,1H3. The molecule has 100 valence electrons. The zero-order valence-corrected chi connectivity index (χ0v) is 11.1. The Balaban J connectivity index is 1.81. The summed E-state index contributed by atoms with van der Waals surface area (Å²) < 4.78 is 5.64. The van der Waals surface area contributed by atoms with E-state index in [1.807, 2.05) is 37.4 Å². The monoisotopic (exact) mass is 266 g/mol. The van der Waals surface area contributed by atoms with Crippen molar-refractivity contribution in [3.8, 4) is 11.8 Å². The van der Waals surface area contributed by atoms with E-state index in [9.17, 15) is 0 Å². The second-order valence-corrected chi connectivity index (χ2v) is 4.36. The van der Waals surface area contributed by atoms with Crippen LogP contribution in [-0.4, -0.2) is 22.0 Å². The smallest absolute Gasteiger partial charge is 0.321 e. The SMILES string of the molecule is CNCc1cnc(Oc2ccc3cccnc3c2)nc1. The number of benzene rings is 1. The predicted molar refractivity (Wildman–Crippen MR) is 76.6 cm³/mol. The van der Waals surface area contributed by atoms with Gasteiger partial charge in [-0.15, -0.1) is 0 Å². The van der Waals surface area contributed by atoms with Gasteiger partial charge in [0.05, 0.1) is 5.52 Å². The van der Waals surface area contributed by atoms with Crippen LogP contribution >= 0.6 is 0 Å². The first-order chi connectivity index (χ1) is 9.85. The highest BCUT2D eigenvalue weighted by atomic mass is 16.5. The molecule has 0 spiro atoms. The van der Waals surface area contributed by atoms with Gasteiger partial charge < -0.3 is 10.1 Å². The first kappa shape index (κ1) is 12.5. The van der Waals surface area contributed by atoms with Gasteiger partial charge in [0.15, 0.2) is 0 Å². The van der Waals surface area contributed by atoms with E-state index >= 15 is 0 Å². The van der Waals surface area contributed by atoms with Gasteiger partial charge in [0.2, 0.25) is 0 Å². The topological polar surface area (TPSA) is 59.9 Å². The summed E-state index contributed by atoms with van der Waals surface area (Å²) in [5.41, 5.74) is 1.90. The number of nitrogens with one attached hydrogen (secondary N) is 1. The van der Waals surface area contributed by atoms with E-state index in [2.05, 4.69) is 20.3 Å². The van der Waals surface area contributed by atoms with Crippen molar-refractivity contribution < 1.29 is 4.74 Å². The maximum absolute atomic E-state index is 5.64. The predicted octanol–water partition coefficient (Wildman–Crippen LogP) is 2.54.